The largest absolute Gasteiger partial charge is 0.496 e. The molecule has 106 valence electrons. The predicted octanol–water partition coefficient (Wildman–Crippen LogP) is 2.88. The van der Waals surface area contributed by atoms with Gasteiger partial charge in [-0.25, -0.2) is 0 Å². The number of benzene rings is 1. The van der Waals surface area contributed by atoms with Crippen molar-refractivity contribution in [2.75, 3.05) is 27.2 Å². The Kier molecular flexibility index (Phi) is 5.08. The molecule has 1 aromatic rings. The first-order chi connectivity index (χ1) is 9.17. The summed E-state index contributed by atoms with van der Waals surface area (Å²) in [4.78, 5) is 2.42. The number of halogens is 1. The van der Waals surface area contributed by atoms with Gasteiger partial charge in [0.25, 0.3) is 0 Å². The topological polar surface area (TPSA) is 38.5 Å². The van der Waals surface area contributed by atoms with Crippen molar-refractivity contribution < 1.29 is 4.74 Å². The third-order valence-corrected chi connectivity index (χ3v) is 4.37. The number of rotatable bonds is 4. The van der Waals surface area contributed by atoms with E-state index >= 15 is 0 Å². The van der Waals surface area contributed by atoms with E-state index in [0.717, 1.165) is 22.9 Å². The minimum Gasteiger partial charge on any atom is -0.496 e. The zero-order chi connectivity index (χ0) is 13.8. The Morgan fingerprint density at radius 3 is 2.89 bits per heavy atom. The lowest BCUT2D eigenvalue weighted by Crippen LogP contribution is -2.43. The third kappa shape index (κ3) is 3.22. The molecule has 0 saturated carbocycles. The van der Waals surface area contributed by atoms with Crippen LogP contribution in [0.2, 0.25) is 5.02 Å². The molecule has 1 fully saturated rings. The maximum absolute atomic E-state index is 6.14. The van der Waals surface area contributed by atoms with Gasteiger partial charge in [0.1, 0.15) is 5.75 Å². The van der Waals surface area contributed by atoms with Gasteiger partial charge in [-0.2, -0.15) is 0 Å². The van der Waals surface area contributed by atoms with E-state index in [0.29, 0.717) is 12.6 Å². The fourth-order valence-electron chi connectivity index (χ4n) is 3.10. The van der Waals surface area contributed by atoms with E-state index in [9.17, 15) is 0 Å². The van der Waals surface area contributed by atoms with Crippen LogP contribution in [0.3, 0.4) is 0 Å². The highest BCUT2D eigenvalue weighted by molar-refractivity contribution is 6.30. The van der Waals surface area contributed by atoms with E-state index in [1.165, 1.54) is 19.3 Å². The maximum atomic E-state index is 6.14. The van der Waals surface area contributed by atoms with Crippen molar-refractivity contribution in [1.82, 2.24) is 4.90 Å². The molecule has 0 amide bonds. The first kappa shape index (κ1) is 14.6. The highest BCUT2D eigenvalue weighted by atomic mass is 35.5. The van der Waals surface area contributed by atoms with Crippen LogP contribution in [0.1, 0.15) is 30.7 Å². The molecule has 4 heteroatoms. The molecular weight excluding hydrogens is 260 g/mol. The minimum atomic E-state index is 0.277. The molecule has 3 nitrogen and oxygen atoms in total. The molecule has 2 N–H and O–H groups in total. The highest BCUT2D eigenvalue weighted by Gasteiger charge is 2.29. The standard InChI is InChI=1S/C15H23ClN2O/c1-18-8-4-3-5-14(18)13(10-17)12-9-11(16)6-7-15(12)19-2/h6-7,9,13-14H,3-5,8,10,17H2,1-2H3. The Morgan fingerprint density at radius 1 is 1.47 bits per heavy atom. The van der Waals surface area contributed by atoms with Crippen LogP contribution in [0.15, 0.2) is 18.2 Å². The molecule has 2 unspecified atom stereocenters. The summed E-state index contributed by atoms with van der Waals surface area (Å²) in [5.41, 5.74) is 7.18. The fraction of sp³-hybridized carbons (Fsp3) is 0.600. The predicted molar refractivity (Wildman–Crippen MR) is 80.1 cm³/mol. The molecule has 0 spiro atoms. The van der Waals surface area contributed by atoms with Crippen molar-refractivity contribution in [1.29, 1.82) is 0 Å². The van der Waals surface area contributed by atoms with Crippen LogP contribution >= 0.6 is 11.6 Å². The normalized spacial score (nSPS) is 22.2. The summed E-state index contributed by atoms with van der Waals surface area (Å²) in [6.07, 6.45) is 3.74. The number of hydrogen-bond acceptors (Lipinski definition) is 3. The quantitative estimate of drug-likeness (QED) is 0.923. The van der Waals surface area contributed by atoms with Gasteiger partial charge in [0, 0.05) is 29.1 Å². The molecule has 0 bridgehead atoms. The van der Waals surface area contributed by atoms with Gasteiger partial charge in [-0.3, -0.25) is 0 Å². The molecule has 0 aromatic heterocycles. The van der Waals surface area contributed by atoms with Gasteiger partial charge in [0.15, 0.2) is 0 Å². The van der Waals surface area contributed by atoms with Crippen molar-refractivity contribution >= 4 is 11.6 Å². The molecule has 1 heterocycles. The minimum absolute atomic E-state index is 0.277. The van der Waals surface area contributed by atoms with Crippen LogP contribution in [0.5, 0.6) is 5.75 Å². The third-order valence-electron chi connectivity index (χ3n) is 4.14. The van der Waals surface area contributed by atoms with E-state index in [1.807, 2.05) is 18.2 Å². The molecule has 0 radical (unpaired) electrons. The van der Waals surface area contributed by atoms with Crippen LogP contribution in [0.4, 0.5) is 0 Å². The molecule has 1 aliphatic rings. The van der Waals surface area contributed by atoms with Crippen LogP contribution in [0, 0.1) is 0 Å². The SMILES string of the molecule is COc1ccc(Cl)cc1C(CN)C1CCCCN1C. The molecule has 2 atom stereocenters. The molecule has 2 rings (SSSR count). The van der Waals surface area contributed by atoms with Gasteiger partial charge < -0.3 is 15.4 Å². The van der Waals surface area contributed by atoms with E-state index < -0.39 is 0 Å². The monoisotopic (exact) mass is 282 g/mol. The Hall–Kier alpha value is -0.770. The Bertz CT molecular complexity index is 425. The average molecular weight is 283 g/mol. The molecule has 1 aromatic carbocycles. The van der Waals surface area contributed by atoms with Crippen molar-refractivity contribution in [3.63, 3.8) is 0 Å². The van der Waals surface area contributed by atoms with Gasteiger partial charge in [-0.15, -0.1) is 0 Å². The Balaban J connectivity index is 2.32. The fourth-order valence-corrected chi connectivity index (χ4v) is 3.28. The molecule has 1 aliphatic heterocycles. The van der Waals surface area contributed by atoms with Gasteiger partial charge in [0.2, 0.25) is 0 Å². The van der Waals surface area contributed by atoms with Gasteiger partial charge in [-0.05, 0) is 44.6 Å². The van der Waals surface area contributed by atoms with Crippen LogP contribution in [0.25, 0.3) is 0 Å². The number of ether oxygens (including phenoxy) is 1. The number of nitrogens with zero attached hydrogens (tertiary/aromatic N) is 1. The Morgan fingerprint density at radius 2 is 2.26 bits per heavy atom. The molecular formula is C15H23ClN2O. The smallest absolute Gasteiger partial charge is 0.122 e. The summed E-state index contributed by atoms with van der Waals surface area (Å²) in [6.45, 7) is 1.76. The van der Waals surface area contributed by atoms with Crippen molar-refractivity contribution in [3.05, 3.63) is 28.8 Å². The van der Waals surface area contributed by atoms with E-state index in [1.54, 1.807) is 7.11 Å². The van der Waals surface area contributed by atoms with Crippen molar-refractivity contribution in [2.45, 2.75) is 31.2 Å². The summed E-state index contributed by atoms with van der Waals surface area (Å²) in [5, 5.41) is 0.743. The summed E-state index contributed by atoms with van der Waals surface area (Å²) >= 11 is 6.14. The lowest BCUT2D eigenvalue weighted by Gasteiger charge is -2.38. The van der Waals surface area contributed by atoms with Gasteiger partial charge in [0.05, 0.1) is 7.11 Å². The second kappa shape index (κ2) is 6.60. The molecule has 1 saturated heterocycles. The lowest BCUT2D eigenvalue weighted by atomic mass is 9.85. The van der Waals surface area contributed by atoms with E-state index in [2.05, 4.69) is 11.9 Å². The van der Waals surface area contributed by atoms with Crippen molar-refractivity contribution in [2.24, 2.45) is 5.73 Å². The summed E-state index contributed by atoms with van der Waals surface area (Å²) in [6, 6.07) is 6.28. The summed E-state index contributed by atoms with van der Waals surface area (Å²) in [7, 11) is 3.88. The van der Waals surface area contributed by atoms with Crippen LogP contribution in [-0.2, 0) is 0 Å². The molecule has 0 aliphatic carbocycles. The average Bonchev–Trinajstić information content (AvgIpc) is 2.42. The number of nitrogens with two attached hydrogens (primary N) is 1. The lowest BCUT2D eigenvalue weighted by molar-refractivity contribution is 0.159. The summed E-state index contributed by atoms with van der Waals surface area (Å²) in [5.74, 6) is 1.16. The number of likely N-dealkylation sites (tertiary alicyclic amines) is 1. The Labute approximate surface area is 120 Å². The van der Waals surface area contributed by atoms with Crippen LogP contribution in [-0.4, -0.2) is 38.2 Å². The zero-order valence-corrected chi connectivity index (χ0v) is 12.5. The highest BCUT2D eigenvalue weighted by Crippen LogP contribution is 2.35. The maximum Gasteiger partial charge on any atom is 0.122 e. The number of piperidine rings is 1. The summed E-state index contributed by atoms with van der Waals surface area (Å²) < 4.78 is 5.48. The van der Waals surface area contributed by atoms with Crippen molar-refractivity contribution in [3.8, 4) is 5.75 Å². The first-order valence-electron chi connectivity index (χ1n) is 6.91. The number of hydrogen-bond donors (Lipinski definition) is 1. The van der Waals surface area contributed by atoms with Crippen LogP contribution < -0.4 is 10.5 Å². The van der Waals surface area contributed by atoms with E-state index in [4.69, 9.17) is 22.1 Å². The second-order valence-corrected chi connectivity index (χ2v) is 5.71. The second-order valence-electron chi connectivity index (χ2n) is 5.27. The van der Waals surface area contributed by atoms with E-state index in [-0.39, 0.29) is 5.92 Å². The zero-order valence-electron chi connectivity index (χ0n) is 11.7. The first-order valence-corrected chi connectivity index (χ1v) is 7.29. The number of methoxy groups -OCH3 is 1. The molecule has 19 heavy (non-hydrogen) atoms. The number of likely N-dealkylation sites (N-methyl/N-ethyl adjacent to an activating group) is 1. The van der Waals surface area contributed by atoms with Gasteiger partial charge >= 0.3 is 0 Å². The van der Waals surface area contributed by atoms with Gasteiger partial charge in [-0.1, -0.05) is 18.0 Å².